The molecule has 4 fully saturated rings. The van der Waals surface area contributed by atoms with E-state index in [1.165, 1.54) is 24.0 Å². The van der Waals surface area contributed by atoms with Crippen LogP contribution in [0.2, 0.25) is 0 Å². The molecule has 1 amide bonds. The van der Waals surface area contributed by atoms with Gasteiger partial charge in [-0.15, -0.1) is 12.4 Å². The van der Waals surface area contributed by atoms with Gasteiger partial charge in [0.15, 0.2) is 23.3 Å². The van der Waals surface area contributed by atoms with Gasteiger partial charge in [-0.25, -0.2) is 14.8 Å². The zero-order valence-corrected chi connectivity index (χ0v) is 41.1. The number of nitriles is 2. The lowest BCUT2D eigenvalue weighted by Crippen LogP contribution is -2.38. The first kappa shape index (κ1) is 53.6. The predicted molar refractivity (Wildman–Crippen MR) is 274 cm³/mol. The Morgan fingerprint density at radius 2 is 1.07 bits per heavy atom. The van der Waals surface area contributed by atoms with Gasteiger partial charge in [-0.05, 0) is 172 Å². The maximum absolute atomic E-state index is 13.7. The van der Waals surface area contributed by atoms with Crippen molar-refractivity contribution in [3.8, 4) is 34.9 Å². The molecular formula is C55H65ClN10O5. The molecule has 4 aliphatic rings. The molecule has 0 spiro atoms. The first-order chi connectivity index (χ1) is 33.6. The van der Waals surface area contributed by atoms with Gasteiger partial charge in [0.2, 0.25) is 0 Å². The molecule has 15 nitrogen and oxygen atoms in total. The number of rotatable bonds is 12. The number of aromatic amines is 2. The highest BCUT2D eigenvalue weighted by Gasteiger charge is 2.33. The van der Waals surface area contributed by atoms with E-state index in [-0.39, 0.29) is 25.7 Å². The Morgan fingerprint density at radius 1 is 0.648 bits per heavy atom. The van der Waals surface area contributed by atoms with E-state index in [4.69, 9.17) is 20.0 Å². The summed E-state index contributed by atoms with van der Waals surface area (Å²) in [5, 5.41) is 44.7. The second-order valence-corrected chi connectivity index (χ2v) is 18.5. The van der Waals surface area contributed by atoms with Crippen LogP contribution in [0.25, 0.3) is 22.8 Å². The summed E-state index contributed by atoms with van der Waals surface area (Å²) >= 11 is 0. The maximum atomic E-state index is 13.7. The Kier molecular flexibility index (Phi) is 18.8. The lowest BCUT2D eigenvalue weighted by Gasteiger charge is -2.33. The standard InChI is InChI=1S/C27H29N5O2.C15H17N3O3.C12H14N2.CH4.ClH/c1-17-13-23(21-7-8-21)24(14-22(17)26-29-25(16-34-2)30-31-26)27(33)32-11-9-20(10-12-32)19-5-3-18(15-28)4-6-19;1-8-5-11(9-3-4-9)12(15(19)20)6-10(8)14-16-13(7-21-2)17-18-14;13-9-10-1-3-11(4-2-10)12-5-7-14-8-6-12;;/h3-6,13-14,20-21H,7-12,16H2,1-2H3,(H,29,30,31);5-6,9H,3-4,7H2,1-2H3,(H,19,20)(H,16,17,18);1-4,12,14H,5-8H2;1H4;1H. The topological polar surface area (TPSA) is 219 Å². The van der Waals surface area contributed by atoms with Crippen molar-refractivity contribution in [3.63, 3.8) is 0 Å². The molecule has 4 N–H and O–H groups in total. The minimum atomic E-state index is -0.897. The number of H-pyrrole nitrogens is 2. The van der Waals surface area contributed by atoms with Crippen LogP contribution in [-0.2, 0) is 22.7 Å². The highest BCUT2D eigenvalue weighted by Crippen LogP contribution is 2.45. The molecule has 6 aromatic rings. The highest BCUT2D eigenvalue weighted by molar-refractivity contribution is 5.97. The van der Waals surface area contributed by atoms with Gasteiger partial charge < -0.3 is 24.8 Å². The SMILES string of the molecule is C.COCc1nc(-c2cc(C(=O)N3CCC(c4ccc(C#N)cc4)CC3)c(C3CC3)cc2C)n[nH]1.COCc1nc(-c2cc(C(=O)O)c(C3CC3)cc2C)n[nH]1.Cl.N#Cc1ccc(C2CCNCC2)cc1. The number of aromatic nitrogens is 6. The Labute approximate surface area is 422 Å². The summed E-state index contributed by atoms with van der Waals surface area (Å²) in [6, 6.07) is 28.0. The van der Waals surface area contributed by atoms with Crippen LogP contribution in [0.5, 0.6) is 0 Å². The molecule has 4 heterocycles. The number of hydrogen-bond donors (Lipinski definition) is 4. The van der Waals surface area contributed by atoms with Crippen molar-refractivity contribution in [1.82, 2.24) is 40.6 Å². The van der Waals surface area contributed by atoms with E-state index < -0.39 is 5.97 Å². The minimum absolute atomic E-state index is 0. The minimum Gasteiger partial charge on any atom is -0.478 e. The van der Waals surface area contributed by atoms with Crippen molar-refractivity contribution in [2.45, 2.75) is 110 Å². The predicted octanol–water partition coefficient (Wildman–Crippen LogP) is 10.3. The van der Waals surface area contributed by atoms with Gasteiger partial charge in [-0.3, -0.25) is 15.0 Å². The Morgan fingerprint density at radius 3 is 1.48 bits per heavy atom. The molecule has 2 saturated heterocycles. The van der Waals surface area contributed by atoms with Crippen molar-refractivity contribution < 1.29 is 24.2 Å². The molecule has 0 atom stereocenters. The van der Waals surface area contributed by atoms with E-state index in [2.05, 4.69) is 72.9 Å². The van der Waals surface area contributed by atoms with Crippen LogP contribution in [-0.4, -0.2) is 92.6 Å². The fraction of sp³-hybridized carbons (Fsp3) is 0.418. The molecular weight excluding hydrogens is 916 g/mol. The molecule has 4 aromatic carbocycles. The monoisotopic (exact) mass is 980 g/mol. The second-order valence-electron chi connectivity index (χ2n) is 18.5. The fourth-order valence-electron chi connectivity index (χ4n) is 9.41. The molecule has 2 saturated carbocycles. The summed E-state index contributed by atoms with van der Waals surface area (Å²) in [4.78, 5) is 36.1. The van der Waals surface area contributed by atoms with Crippen LogP contribution in [0.1, 0.15) is 159 Å². The molecule has 10 rings (SSSR count). The average Bonchev–Trinajstić information content (AvgIpc) is 4.32. The Balaban J connectivity index is 0.000000190. The third kappa shape index (κ3) is 13.4. The van der Waals surface area contributed by atoms with Crippen LogP contribution in [0, 0.1) is 36.5 Å². The van der Waals surface area contributed by atoms with Crippen LogP contribution < -0.4 is 5.32 Å². The van der Waals surface area contributed by atoms with E-state index in [0.717, 1.165) is 109 Å². The summed E-state index contributed by atoms with van der Waals surface area (Å²) in [5.74, 6) is 3.56. The molecule has 16 heteroatoms. The van der Waals surface area contributed by atoms with Crippen LogP contribution in [0.3, 0.4) is 0 Å². The molecule has 2 aromatic heterocycles. The Bertz CT molecular complexity index is 2830. The summed E-state index contributed by atoms with van der Waals surface area (Å²) in [5.41, 5.74) is 11.0. The van der Waals surface area contributed by atoms with Gasteiger partial charge >= 0.3 is 5.97 Å². The van der Waals surface area contributed by atoms with Gasteiger partial charge in [0, 0.05) is 44.0 Å². The lowest BCUT2D eigenvalue weighted by molar-refractivity contribution is 0.0691. The number of carbonyl (C=O) groups is 2. The molecule has 71 heavy (non-hydrogen) atoms. The van der Waals surface area contributed by atoms with E-state index >= 15 is 0 Å². The summed E-state index contributed by atoms with van der Waals surface area (Å²) in [6.45, 7) is 8.43. The van der Waals surface area contributed by atoms with E-state index in [1.807, 2.05) is 60.4 Å². The van der Waals surface area contributed by atoms with Gasteiger partial charge in [-0.1, -0.05) is 43.8 Å². The molecule has 2 aliphatic heterocycles. The number of aryl methyl sites for hydroxylation is 2. The molecule has 372 valence electrons. The number of amides is 1. The number of likely N-dealkylation sites (tertiary alicyclic amines) is 1. The van der Waals surface area contributed by atoms with Gasteiger partial charge in [0.1, 0.15) is 13.2 Å². The number of carboxylic acids is 1. The summed E-state index contributed by atoms with van der Waals surface area (Å²) in [6.07, 6.45) is 8.69. The first-order valence-corrected chi connectivity index (χ1v) is 23.9. The normalized spacial score (nSPS) is 15.6. The second kappa shape index (κ2) is 24.9. The number of benzene rings is 4. The molecule has 0 unspecified atom stereocenters. The number of carboxylic acid groups (broad SMARTS) is 1. The highest BCUT2D eigenvalue weighted by atomic mass is 35.5. The largest absolute Gasteiger partial charge is 0.478 e. The summed E-state index contributed by atoms with van der Waals surface area (Å²) in [7, 11) is 3.21. The van der Waals surface area contributed by atoms with Crippen LogP contribution in [0.15, 0.2) is 72.8 Å². The van der Waals surface area contributed by atoms with Crippen molar-refractivity contribution >= 4 is 24.3 Å². The van der Waals surface area contributed by atoms with E-state index in [9.17, 15) is 14.7 Å². The number of ether oxygens (including phenoxy) is 2. The summed E-state index contributed by atoms with van der Waals surface area (Å²) < 4.78 is 10.2. The number of carbonyl (C=O) groups excluding carboxylic acids is 1. The molecule has 0 radical (unpaired) electrons. The number of nitrogens with one attached hydrogen (secondary N) is 3. The van der Waals surface area contributed by atoms with Gasteiger partial charge in [0.05, 0.1) is 28.8 Å². The zero-order chi connectivity index (χ0) is 48.4. The van der Waals surface area contributed by atoms with Crippen LogP contribution in [0.4, 0.5) is 0 Å². The van der Waals surface area contributed by atoms with Crippen molar-refractivity contribution in [2.24, 2.45) is 0 Å². The van der Waals surface area contributed by atoms with Crippen molar-refractivity contribution in [2.75, 3.05) is 40.4 Å². The third-order valence-electron chi connectivity index (χ3n) is 13.5. The zero-order valence-electron chi connectivity index (χ0n) is 40.3. The number of piperidine rings is 2. The number of hydrogen-bond acceptors (Lipinski definition) is 11. The first-order valence-electron chi connectivity index (χ1n) is 23.9. The Hall–Kier alpha value is -6.75. The maximum Gasteiger partial charge on any atom is 0.335 e. The van der Waals surface area contributed by atoms with Crippen LogP contribution >= 0.6 is 12.4 Å². The lowest BCUT2D eigenvalue weighted by atomic mass is 9.88. The number of halogens is 1. The number of methoxy groups -OCH3 is 2. The number of nitrogens with zero attached hydrogens (tertiary/aromatic N) is 7. The van der Waals surface area contributed by atoms with Crippen molar-refractivity contribution in [1.29, 1.82) is 10.5 Å². The van der Waals surface area contributed by atoms with Gasteiger partial charge in [0.25, 0.3) is 5.91 Å². The van der Waals surface area contributed by atoms with Gasteiger partial charge in [-0.2, -0.15) is 20.7 Å². The van der Waals surface area contributed by atoms with Crippen molar-refractivity contribution in [3.05, 3.63) is 140 Å². The molecule has 0 bridgehead atoms. The molecule has 2 aliphatic carbocycles. The van der Waals surface area contributed by atoms with E-state index in [0.29, 0.717) is 71.3 Å². The third-order valence-corrected chi connectivity index (χ3v) is 13.5. The average molecular weight is 982 g/mol. The van der Waals surface area contributed by atoms with E-state index in [1.54, 1.807) is 20.3 Å². The smallest absolute Gasteiger partial charge is 0.335 e. The quantitative estimate of drug-likeness (QED) is 0.0900. The number of aromatic carboxylic acids is 1. The fourth-order valence-corrected chi connectivity index (χ4v) is 9.41.